The molecular weight excluding hydrogens is 447 g/mol. The number of amides is 1. The Hall–Kier alpha value is -3.24. The quantitative estimate of drug-likeness (QED) is 0.571. The number of carbonyl (C=O) groups is 2. The van der Waals surface area contributed by atoms with E-state index in [9.17, 15) is 18.4 Å². The Labute approximate surface area is 196 Å². The number of aromatic carboxylic acids is 1. The van der Waals surface area contributed by atoms with Crippen LogP contribution in [0.2, 0.25) is 0 Å². The molecule has 2 aromatic carbocycles. The second kappa shape index (κ2) is 9.94. The minimum absolute atomic E-state index is 0.0543. The summed E-state index contributed by atoms with van der Waals surface area (Å²) in [5, 5.41) is 11.6. The van der Waals surface area contributed by atoms with Crippen LogP contribution < -0.4 is 5.32 Å². The Morgan fingerprint density at radius 1 is 1.06 bits per heavy atom. The molecule has 3 rings (SSSR count). The molecule has 180 valence electrons. The van der Waals surface area contributed by atoms with E-state index in [1.54, 1.807) is 12.1 Å². The molecule has 0 aromatic heterocycles. The molecule has 1 saturated heterocycles. The molecule has 1 amide bonds. The molecule has 1 aliphatic heterocycles. The van der Waals surface area contributed by atoms with Gasteiger partial charge in [-0.3, -0.25) is 0 Å². The predicted octanol–water partition coefficient (Wildman–Crippen LogP) is 4.60. The molecule has 0 atom stereocenters. The summed E-state index contributed by atoms with van der Waals surface area (Å²) >= 11 is 0. The zero-order chi connectivity index (χ0) is 25.1. The van der Waals surface area contributed by atoms with E-state index in [-0.39, 0.29) is 24.2 Å². The minimum Gasteiger partial charge on any atom is -0.478 e. The SMILES string of the molecule is CC1(C)OB(C(=Cc2cc(F)c(C(=O)O)cc2F)CNC(=O)OCc2ccccc2)OC1(C)C. The predicted molar refractivity (Wildman–Crippen MR) is 122 cm³/mol. The van der Waals surface area contributed by atoms with E-state index in [1.807, 2.05) is 45.9 Å². The van der Waals surface area contributed by atoms with E-state index in [1.165, 1.54) is 6.08 Å². The Balaban J connectivity index is 1.83. The van der Waals surface area contributed by atoms with Crippen LogP contribution in [0.1, 0.15) is 49.2 Å². The summed E-state index contributed by atoms with van der Waals surface area (Å²) in [6.45, 7) is 7.22. The van der Waals surface area contributed by atoms with Crippen LogP contribution >= 0.6 is 0 Å². The highest BCUT2D eigenvalue weighted by Gasteiger charge is 2.52. The number of carboxylic acids is 1. The normalized spacial score (nSPS) is 16.9. The number of alkyl carbamates (subject to hydrolysis) is 1. The molecule has 1 fully saturated rings. The van der Waals surface area contributed by atoms with Gasteiger partial charge in [-0.2, -0.15) is 0 Å². The smallest absolute Gasteiger partial charge is 0.478 e. The number of ether oxygens (including phenoxy) is 1. The molecule has 7 nitrogen and oxygen atoms in total. The zero-order valence-corrected chi connectivity index (χ0v) is 19.4. The van der Waals surface area contributed by atoms with Gasteiger partial charge < -0.3 is 24.5 Å². The van der Waals surface area contributed by atoms with Gasteiger partial charge in [0.1, 0.15) is 18.2 Å². The zero-order valence-electron chi connectivity index (χ0n) is 19.4. The van der Waals surface area contributed by atoms with Gasteiger partial charge in [-0.1, -0.05) is 36.4 Å². The molecule has 2 aromatic rings. The average molecular weight is 473 g/mol. The van der Waals surface area contributed by atoms with Gasteiger partial charge in [0.05, 0.1) is 16.8 Å². The van der Waals surface area contributed by atoms with Crippen molar-refractivity contribution in [2.24, 2.45) is 0 Å². The number of halogens is 2. The van der Waals surface area contributed by atoms with Crippen LogP contribution in [0.25, 0.3) is 6.08 Å². The van der Waals surface area contributed by atoms with Gasteiger partial charge in [0, 0.05) is 12.1 Å². The standard InChI is InChI=1S/C24H26BF2NO6/c1-23(2)24(3,4)34-25(33-23)17(10-16-11-20(27)18(21(29)30)12-19(16)26)13-28-22(31)32-14-15-8-6-5-7-9-15/h5-12H,13-14H2,1-4H3,(H,28,31)(H,29,30). The molecule has 1 aliphatic rings. The monoisotopic (exact) mass is 473 g/mol. The molecule has 0 saturated carbocycles. The molecule has 34 heavy (non-hydrogen) atoms. The van der Waals surface area contributed by atoms with Gasteiger partial charge >= 0.3 is 19.2 Å². The summed E-state index contributed by atoms with van der Waals surface area (Å²) in [6.07, 6.45) is 0.545. The summed E-state index contributed by atoms with van der Waals surface area (Å²) in [7, 11) is -0.971. The van der Waals surface area contributed by atoms with Crippen LogP contribution in [0.3, 0.4) is 0 Å². The second-order valence-corrected chi connectivity index (χ2v) is 8.88. The first kappa shape index (κ1) is 25.4. The summed E-state index contributed by atoms with van der Waals surface area (Å²) in [4.78, 5) is 23.3. The summed E-state index contributed by atoms with van der Waals surface area (Å²) in [6, 6.07) is 10.5. The fraction of sp³-hybridized carbons (Fsp3) is 0.333. The molecule has 0 aliphatic carbocycles. The maximum Gasteiger partial charge on any atom is 0.492 e. The minimum atomic E-state index is -1.58. The lowest BCUT2D eigenvalue weighted by molar-refractivity contribution is 0.00578. The number of hydrogen-bond acceptors (Lipinski definition) is 5. The first-order valence-electron chi connectivity index (χ1n) is 10.6. The van der Waals surface area contributed by atoms with Crippen LogP contribution in [-0.2, 0) is 20.7 Å². The van der Waals surface area contributed by atoms with Crippen LogP contribution in [-0.4, -0.2) is 42.0 Å². The van der Waals surface area contributed by atoms with Crippen molar-refractivity contribution < 1.29 is 37.5 Å². The summed E-state index contributed by atoms with van der Waals surface area (Å²) in [5.74, 6) is -3.62. The molecule has 2 N–H and O–H groups in total. The van der Waals surface area contributed by atoms with E-state index in [2.05, 4.69) is 5.32 Å². The molecule has 0 radical (unpaired) electrons. The van der Waals surface area contributed by atoms with Crippen molar-refractivity contribution in [3.63, 3.8) is 0 Å². The molecule has 10 heteroatoms. The van der Waals surface area contributed by atoms with Crippen molar-refractivity contribution in [2.45, 2.75) is 45.5 Å². The van der Waals surface area contributed by atoms with Crippen LogP contribution in [0.5, 0.6) is 0 Å². The third-order valence-corrected chi connectivity index (χ3v) is 5.86. The van der Waals surface area contributed by atoms with Crippen molar-refractivity contribution in [3.8, 4) is 0 Å². The average Bonchev–Trinajstić information content (AvgIpc) is 2.98. The second-order valence-electron chi connectivity index (χ2n) is 8.88. The van der Waals surface area contributed by atoms with Gasteiger partial charge in [-0.15, -0.1) is 0 Å². The number of nitrogens with one attached hydrogen (secondary N) is 1. The van der Waals surface area contributed by atoms with E-state index < -0.39 is 47.6 Å². The van der Waals surface area contributed by atoms with Gasteiger partial charge in [0.25, 0.3) is 0 Å². The Bertz CT molecular complexity index is 1090. The van der Waals surface area contributed by atoms with Crippen molar-refractivity contribution in [1.82, 2.24) is 5.32 Å². The Morgan fingerprint density at radius 3 is 2.26 bits per heavy atom. The van der Waals surface area contributed by atoms with Crippen molar-refractivity contribution in [1.29, 1.82) is 0 Å². The lowest BCUT2D eigenvalue weighted by Crippen LogP contribution is -2.41. The van der Waals surface area contributed by atoms with Crippen LogP contribution in [0.4, 0.5) is 13.6 Å². The number of hydrogen-bond donors (Lipinski definition) is 2. The van der Waals surface area contributed by atoms with E-state index in [0.29, 0.717) is 6.07 Å². The topological polar surface area (TPSA) is 94.1 Å². The molecular formula is C24H26BF2NO6. The third kappa shape index (κ3) is 5.81. The van der Waals surface area contributed by atoms with Gasteiger partial charge in [0.2, 0.25) is 0 Å². The van der Waals surface area contributed by atoms with Crippen molar-refractivity contribution >= 4 is 25.3 Å². The molecule has 0 unspecified atom stereocenters. The molecule has 0 bridgehead atoms. The van der Waals surface area contributed by atoms with Crippen LogP contribution in [0, 0.1) is 11.6 Å². The van der Waals surface area contributed by atoms with E-state index in [0.717, 1.165) is 11.6 Å². The van der Waals surface area contributed by atoms with Crippen LogP contribution in [0.15, 0.2) is 47.9 Å². The number of carbonyl (C=O) groups excluding carboxylic acids is 1. The van der Waals surface area contributed by atoms with Gasteiger partial charge in [-0.25, -0.2) is 18.4 Å². The highest BCUT2D eigenvalue weighted by atomic mass is 19.1. The van der Waals surface area contributed by atoms with Crippen molar-refractivity contribution in [2.75, 3.05) is 6.54 Å². The van der Waals surface area contributed by atoms with E-state index in [4.69, 9.17) is 19.2 Å². The summed E-state index contributed by atoms with van der Waals surface area (Å²) in [5.41, 5.74) is -1.35. The Kier molecular flexibility index (Phi) is 7.43. The maximum absolute atomic E-state index is 14.6. The Morgan fingerprint density at radius 2 is 1.68 bits per heavy atom. The first-order valence-corrected chi connectivity index (χ1v) is 10.6. The lowest BCUT2D eigenvalue weighted by atomic mass is 9.77. The first-order chi connectivity index (χ1) is 15.9. The van der Waals surface area contributed by atoms with Gasteiger partial charge in [0.15, 0.2) is 0 Å². The molecule has 0 spiro atoms. The fourth-order valence-corrected chi connectivity index (χ4v) is 3.18. The lowest BCUT2D eigenvalue weighted by Gasteiger charge is -2.32. The largest absolute Gasteiger partial charge is 0.492 e. The number of benzene rings is 2. The maximum atomic E-state index is 14.6. The highest BCUT2D eigenvalue weighted by Crippen LogP contribution is 2.39. The van der Waals surface area contributed by atoms with Gasteiger partial charge in [-0.05, 0) is 50.9 Å². The van der Waals surface area contributed by atoms with Crippen molar-refractivity contribution in [3.05, 3.63) is 76.3 Å². The highest BCUT2D eigenvalue weighted by molar-refractivity contribution is 6.56. The number of carboxylic acid groups (broad SMARTS) is 1. The van der Waals surface area contributed by atoms with E-state index >= 15 is 0 Å². The molecule has 1 heterocycles. The fourth-order valence-electron chi connectivity index (χ4n) is 3.18. The number of rotatable bonds is 7. The third-order valence-electron chi connectivity index (χ3n) is 5.86. The summed E-state index contributed by atoms with van der Waals surface area (Å²) < 4.78 is 46.0.